The first-order valence-electron chi connectivity index (χ1n) is 4.34. The Morgan fingerprint density at radius 1 is 1.25 bits per heavy atom. The monoisotopic (exact) mass is 171 g/mol. The van der Waals surface area contributed by atoms with Gasteiger partial charge in [0.15, 0.2) is 0 Å². The van der Waals surface area contributed by atoms with Gasteiger partial charge in [0, 0.05) is 25.5 Å². The standard InChI is InChI=1S/C8H17N3O/c9-2-1-3-10-4-5-11(8-10)6-7-12/h4-5,12H,1-3,6-9H2. The minimum Gasteiger partial charge on any atom is -0.395 e. The molecule has 4 nitrogen and oxygen atoms in total. The summed E-state index contributed by atoms with van der Waals surface area (Å²) >= 11 is 0. The summed E-state index contributed by atoms with van der Waals surface area (Å²) in [5.41, 5.74) is 5.40. The molecule has 1 heterocycles. The predicted octanol–water partition coefficient (Wildman–Crippen LogP) is -0.626. The number of nitrogens with zero attached hydrogens (tertiary/aromatic N) is 2. The van der Waals surface area contributed by atoms with Crippen molar-refractivity contribution in [2.24, 2.45) is 5.73 Å². The predicted molar refractivity (Wildman–Crippen MR) is 48.2 cm³/mol. The van der Waals surface area contributed by atoms with E-state index < -0.39 is 0 Å². The highest BCUT2D eigenvalue weighted by Crippen LogP contribution is 2.05. The van der Waals surface area contributed by atoms with E-state index in [-0.39, 0.29) is 6.61 Å². The lowest BCUT2D eigenvalue weighted by molar-refractivity contribution is 0.205. The number of rotatable bonds is 5. The first kappa shape index (κ1) is 9.35. The minimum absolute atomic E-state index is 0.217. The third kappa shape index (κ3) is 2.71. The normalized spacial score (nSPS) is 16.2. The Morgan fingerprint density at radius 3 is 2.50 bits per heavy atom. The third-order valence-corrected chi connectivity index (χ3v) is 1.89. The SMILES string of the molecule is NCCCN1C=CN(CCO)C1. The van der Waals surface area contributed by atoms with E-state index in [0.717, 1.165) is 32.7 Å². The molecule has 4 heteroatoms. The highest BCUT2D eigenvalue weighted by Gasteiger charge is 2.09. The Morgan fingerprint density at radius 2 is 1.92 bits per heavy atom. The summed E-state index contributed by atoms with van der Waals surface area (Å²) in [5, 5.41) is 8.67. The van der Waals surface area contributed by atoms with Gasteiger partial charge in [0.05, 0.1) is 13.3 Å². The number of β-amino-alcohol motifs (C(OH)–C–C–N with tert-alkyl or cyclic N) is 1. The first-order chi connectivity index (χ1) is 5.86. The van der Waals surface area contributed by atoms with Crippen molar-refractivity contribution < 1.29 is 5.11 Å². The maximum absolute atomic E-state index is 8.67. The summed E-state index contributed by atoms with van der Waals surface area (Å²) in [6.07, 6.45) is 5.08. The van der Waals surface area contributed by atoms with Crippen molar-refractivity contribution in [3.05, 3.63) is 12.4 Å². The molecule has 0 saturated heterocycles. The van der Waals surface area contributed by atoms with E-state index in [2.05, 4.69) is 9.80 Å². The molecule has 12 heavy (non-hydrogen) atoms. The maximum atomic E-state index is 8.67. The van der Waals surface area contributed by atoms with Crippen molar-refractivity contribution in [2.75, 3.05) is 32.9 Å². The van der Waals surface area contributed by atoms with Crippen LogP contribution in [-0.2, 0) is 0 Å². The van der Waals surface area contributed by atoms with E-state index in [1.54, 1.807) is 0 Å². The molecule has 0 aromatic heterocycles. The number of hydrogen-bond acceptors (Lipinski definition) is 4. The van der Waals surface area contributed by atoms with E-state index in [4.69, 9.17) is 10.8 Å². The zero-order valence-electron chi connectivity index (χ0n) is 7.32. The van der Waals surface area contributed by atoms with Crippen LogP contribution < -0.4 is 5.73 Å². The van der Waals surface area contributed by atoms with Crippen LogP contribution in [0.2, 0.25) is 0 Å². The van der Waals surface area contributed by atoms with E-state index in [0.29, 0.717) is 0 Å². The van der Waals surface area contributed by atoms with Crippen molar-refractivity contribution in [3.8, 4) is 0 Å². The molecule has 0 unspecified atom stereocenters. The molecule has 3 N–H and O–H groups in total. The van der Waals surface area contributed by atoms with Crippen LogP contribution >= 0.6 is 0 Å². The van der Waals surface area contributed by atoms with Gasteiger partial charge in [-0.1, -0.05) is 0 Å². The Kier molecular flexibility index (Phi) is 3.90. The average Bonchev–Trinajstić information content (AvgIpc) is 2.50. The zero-order valence-corrected chi connectivity index (χ0v) is 7.32. The fourth-order valence-electron chi connectivity index (χ4n) is 1.23. The molecule has 0 bridgehead atoms. The maximum Gasteiger partial charge on any atom is 0.0894 e. The highest BCUT2D eigenvalue weighted by molar-refractivity contribution is 4.90. The van der Waals surface area contributed by atoms with Gasteiger partial charge < -0.3 is 20.6 Å². The van der Waals surface area contributed by atoms with Crippen LogP contribution in [-0.4, -0.2) is 47.8 Å². The Balaban J connectivity index is 2.14. The van der Waals surface area contributed by atoms with Crippen LogP contribution in [0.25, 0.3) is 0 Å². The van der Waals surface area contributed by atoms with Gasteiger partial charge in [0.1, 0.15) is 0 Å². The lowest BCUT2D eigenvalue weighted by atomic mass is 10.4. The largest absolute Gasteiger partial charge is 0.395 e. The minimum atomic E-state index is 0.217. The van der Waals surface area contributed by atoms with Crippen molar-refractivity contribution in [3.63, 3.8) is 0 Å². The summed E-state index contributed by atoms with van der Waals surface area (Å²) in [6.45, 7) is 3.57. The molecule has 1 aliphatic heterocycles. The van der Waals surface area contributed by atoms with Gasteiger partial charge in [-0.2, -0.15) is 0 Å². The Labute approximate surface area is 73.3 Å². The second-order valence-electron chi connectivity index (χ2n) is 2.93. The lowest BCUT2D eigenvalue weighted by Crippen LogP contribution is -2.28. The molecule has 0 radical (unpaired) electrons. The second kappa shape index (κ2) is 5.00. The van der Waals surface area contributed by atoms with Crippen molar-refractivity contribution >= 4 is 0 Å². The molecule has 70 valence electrons. The summed E-state index contributed by atoms with van der Waals surface area (Å²) < 4.78 is 0. The van der Waals surface area contributed by atoms with E-state index in [1.807, 2.05) is 12.4 Å². The van der Waals surface area contributed by atoms with Crippen molar-refractivity contribution in [1.82, 2.24) is 9.80 Å². The number of aliphatic hydroxyl groups excluding tert-OH is 1. The van der Waals surface area contributed by atoms with Crippen molar-refractivity contribution in [1.29, 1.82) is 0 Å². The molecule has 1 rings (SSSR count). The smallest absolute Gasteiger partial charge is 0.0894 e. The fourth-order valence-corrected chi connectivity index (χ4v) is 1.23. The molecule has 0 aromatic rings. The van der Waals surface area contributed by atoms with Gasteiger partial charge >= 0.3 is 0 Å². The summed E-state index contributed by atoms with van der Waals surface area (Å²) in [7, 11) is 0. The molecule has 0 fully saturated rings. The van der Waals surface area contributed by atoms with Gasteiger partial charge in [0.25, 0.3) is 0 Å². The fraction of sp³-hybridized carbons (Fsp3) is 0.750. The molecule has 0 saturated carbocycles. The van der Waals surface area contributed by atoms with E-state index in [9.17, 15) is 0 Å². The van der Waals surface area contributed by atoms with Crippen LogP contribution in [0.15, 0.2) is 12.4 Å². The van der Waals surface area contributed by atoms with Gasteiger partial charge in [-0.15, -0.1) is 0 Å². The molecular weight excluding hydrogens is 154 g/mol. The Bertz CT molecular complexity index is 149. The van der Waals surface area contributed by atoms with E-state index in [1.165, 1.54) is 0 Å². The lowest BCUT2D eigenvalue weighted by Gasteiger charge is -2.19. The molecule has 1 aliphatic rings. The van der Waals surface area contributed by atoms with Gasteiger partial charge in [-0.25, -0.2) is 0 Å². The number of nitrogens with two attached hydrogens (primary N) is 1. The first-order valence-corrected chi connectivity index (χ1v) is 4.34. The molecular formula is C8H17N3O. The number of aliphatic hydroxyl groups is 1. The van der Waals surface area contributed by atoms with Gasteiger partial charge in [-0.3, -0.25) is 0 Å². The molecule has 0 aromatic carbocycles. The van der Waals surface area contributed by atoms with Crippen LogP contribution in [0.5, 0.6) is 0 Å². The topological polar surface area (TPSA) is 52.7 Å². The van der Waals surface area contributed by atoms with Gasteiger partial charge in [-0.05, 0) is 13.0 Å². The molecule has 0 aliphatic carbocycles. The zero-order chi connectivity index (χ0) is 8.81. The van der Waals surface area contributed by atoms with Gasteiger partial charge in [0.2, 0.25) is 0 Å². The number of hydrogen-bond donors (Lipinski definition) is 2. The molecule has 0 atom stereocenters. The Hall–Kier alpha value is -0.740. The molecule has 0 spiro atoms. The summed E-state index contributed by atoms with van der Waals surface area (Å²) in [4.78, 5) is 4.28. The summed E-state index contributed by atoms with van der Waals surface area (Å²) in [5.74, 6) is 0. The van der Waals surface area contributed by atoms with Crippen LogP contribution in [0.1, 0.15) is 6.42 Å². The summed E-state index contributed by atoms with van der Waals surface area (Å²) in [6, 6.07) is 0. The molecule has 0 amide bonds. The van der Waals surface area contributed by atoms with Crippen LogP contribution in [0, 0.1) is 0 Å². The third-order valence-electron chi connectivity index (χ3n) is 1.89. The van der Waals surface area contributed by atoms with E-state index >= 15 is 0 Å². The van der Waals surface area contributed by atoms with Crippen molar-refractivity contribution in [2.45, 2.75) is 6.42 Å². The van der Waals surface area contributed by atoms with Crippen LogP contribution in [0.3, 0.4) is 0 Å². The average molecular weight is 171 g/mol. The second-order valence-corrected chi connectivity index (χ2v) is 2.93. The highest BCUT2D eigenvalue weighted by atomic mass is 16.3. The quantitative estimate of drug-likeness (QED) is 0.578. The van der Waals surface area contributed by atoms with Crippen LogP contribution in [0.4, 0.5) is 0 Å².